The highest BCUT2D eigenvalue weighted by molar-refractivity contribution is 7.27. The molecule has 4 nitrogen and oxygen atoms in total. The Kier molecular flexibility index (Phi) is 3.63. The Morgan fingerprint density at radius 2 is 1.00 bits per heavy atom. The molecule has 2 aliphatic rings. The van der Waals surface area contributed by atoms with Crippen molar-refractivity contribution in [1.82, 2.24) is 19.9 Å². The van der Waals surface area contributed by atoms with E-state index < -0.39 is 8.07 Å². The fraction of sp³-hybridized carbons (Fsp3) is 0. The topological polar surface area (TPSA) is 51.6 Å². The van der Waals surface area contributed by atoms with Crippen LogP contribution in [0, 0.1) is 0 Å². The van der Waals surface area contributed by atoms with Gasteiger partial charge in [0.15, 0.2) is 0 Å². The molecular weight excluding hydrogens is 407 g/mol. The predicted molar refractivity (Wildman–Crippen MR) is 131 cm³/mol. The van der Waals surface area contributed by atoms with Gasteiger partial charge in [0.25, 0.3) is 0 Å². The maximum absolute atomic E-state index is 5.09. The number of fused-ring (bicyclic) bond motifs is 9. The molecule has 0 amide bonds. The van der Waals surface area contributed by atoms with Crippen molar-refractivity contribution in [3.05, 3.63) is 104 Å². The molecule has 6 heterocycles. The van der Waals surface area contributed by atoms with Crippen LogP contribution in [0.2, 0.25) is 0 Å². The second kappa shape index (κ2) is 6.55. The van der Waals surface area contributed by atoms with Crippen LogP contribution in [0.4, 0.5) is 0 Å². The van der Waals surface area contributed by atoms with Crippen LogP contribution >= 0.6 is 0 Å². The SMILES string of the molecule is c1ccc(B2c3cccnc3[Si]3(c4cccnc4-c4ncccc43)c3ncccc32)cc1. The summed E-state index contributed by atoms with van der Waals surface area (Å²) in [6.07, 6.45) is 7.57. The van der Waals surface area contributed by atoms with Crippen LogP contribution in [-0.2, 0) is 0 Å². The van der Waals surface area contributed by atoms with E-state index in [1.54, 1.807) is 0 Å². The third-order valence-electron chi connectivity index (χ3n) is 6.79. The van der Waals surface area contributed by atoms with Crippen LogP contribution in [0.5, 0.6) is 0 Å². The summed E-state index contributed by atoms with van der Waals surface area (Å²) in [6.45, 7) is 0.0996. The second-order valence-electron chi connectivity index (χ2n) is 8.28. The summed E-state index contributed by atoms with van der Waals surface area (Å²) >= 11 is 0. The van der Waals surface area contributed by atoms with Crippen LogP contribution < -0.4 is 37.4 Å². The van der Waals surface area contributed by atoms with Gasteiger partial charge in [0.05, 0.1) is 11.4 Å². The van der Waals surface area contributed by atoms with E-state index in [-0.39, 0.29) is 6.71 Å². The highest BCUT2D eigenvalue weighted by Gasteiger charge is 2.57. The molecule has 6 heteroatoms. The molecule has 2 aliphatic heterocycles. The third kappa shape index (κ3) is 2.12. The molecule has 0 aliphatic carbocycles. The molecule has 0 radical (unpaired) electrons. The first-order valence-electron chi connectivity index (χ1n) is 10.8. The second-order valence-corrected chi connectivity index (χ2v) is 11.8. The fourth-order valence-corrected chi connectivity index (χ4v) is 10.8. The van der Waals surface area contributed by atoms with E-state index in [1.165, 1.54) is 26.8 Å². The Hall–Kier alpha value is -3.90. The minimum Gasteiger partial charge on any atom is -0.265 e. The van der Waals surface area contributed by atoms with Crippen molar-refractivity contribution in [2.75, 3.05) is 0 Å². The summed E-state index contributed by atoms with van der Waals surface area (Å²) in [5.41, 5.74) is 5.73. The van der Waals surface area contributed by atoms with Crippen molar-refractivity contribution in [2.24, 2.45) is 0 Å². The first kappa shape index (κ1) is 17.7. The van der Waals surface area contributed by atoms with Crippen molar-refractivity contribution in [2.45, 2.75) is 0 Å². The maximum atomic E-state index is 5.09. The summed E-state index contributed by atoms with van der Waals surface area (Å²) in [4.78, 5) is 19.8. The first-order valence-corrected chi connectivity index (χ1v) is 12.8. The van der Waals surface area contributed by atoms with Gasteiger partial charge in [0.1, 0.15) is 0 Å². The summed E-state index contributed by atoms with van der Waals surface area (Å²) in [5, 5.41) is 4.78. The molecule has 0 atom stereocenters. The van der Waals surface area contributed by atoms with E-state index in [2.05, 4.69) is 66.7 Å². The third-order valence-corrected chi connectivity index (χ3v) is 11.5. The number of hydrogen-bond donors (Lipinski definition) is 0. The zero-order chi connectivity index (χ0) is 21.1. The van der Waals surface area contributed by atoms with Gasteiger partial charge in [-0.1, -0.05) is 71.0 Å². The molecule has 0 saturated carbocycles. The number of aromatic nitrogens is 4. The predicted octanol–water partition coefficient (Wildman–Crippen LogP) is -0.546. The molecule has 0 fully saturated rings. The van der Waals surface area contributed by atoms with Gasteiger partial charge in [-0.25, -0.2) is 0 Å². The van der Waals surface area contributed by atoms with Gasteiger partial charge in [-0.3, -0.25) is 19.9 Å². The lowest BCUT2D eigenvalue weighted by molar-refractivity contribution is 1.28. The van der Waals surface area contributed by atoms with Crippen molar-refractivity contribution >= 4 is 52.2 Å². The lowest BCUT2D eigenvalue weighted by atomic mass is 9.37. The van der Waals surface area contributed by atoms with Crippen molar-refractivity contribution < 1.29 is 0 Å². The number of nitrogens with zero attached hydrogens (tertiary/aromatic N) is 4. The highest BCUT2D eigenvalue weighted by Crippen LogP contribution is 2.24. The van der Waals surface area contributed by atoms with Crippen molar-refractivity contribution in [1.29, 1.82) is 0 Å². The normalized spacial score (nSPS) is 14.4. The van der Waals surface area contributed by atoms with Crippen LogP contribution in [-0.4, -0.2) is 34.7 Å². The fourth-order valence-electron chi connectivity index (χ4n) is 5.66. The minimum absolute atomic E-state index is 0.0996. The molecule has 148 valence electrons. The Morgan fingerprint density at radius 1 is 0.500 bits per heavy atom. The summed E-state index contributed by atoms with van der Waals surface area (Å²) < 4.78 is 0. The average molecular weight is 424 g/mol. The number of hydrogen-bond acceptors (Lipinski definition) is 4. The Bertz CT molecular complexity index is 1410. The van der Waals surface area contributed by atoms with Gasteiger partial charge in [-0.05, 0) is 34.6 Å². The van der Waals surface area contributed by atoms with E-state index in [0.717, 1.165) is 22.0 Å². The first-order chi connectivity index (χ1) is 15.9. The smallest absolute Gasteiger partial charge is 0.244 e. The van der Waals surface area contributed by atoms with E-state index in [0.29, 0.717) is 0 Å². The maximum Gasteiger partial charge on any atom is 0.244 e. The molecule has 32 heavy (non-hydrogen) atoms. The number of rotatable bonds is 1. The van der Waals surface area contributed by atoms with Crippen LogP contribution in [0.1, 0.15) is 0 Å². The molecule has 1 aromatic carbocycles. The molecule has 0 unspecified atom stereocenters. The van der Waals surface area contributed by atoms with Gasteiger partial charge >= 0.3 is 0 Å². The Morgan fingerprint density at radius 3 is 1.56 bits per heavy atom. The molecule has 0 saturated heterocycles. The summed E-state index contributed by atoms with van der Waals surface area (Å²) in [5.74, 6) is 0. The molecule has 0 N–H and O–H groups in total. The number of benzene rings is 1. The zero-order valence-electron chi connectivity index (χ0n) is 17.2. The Labute approximate surface area is 187 Å². The van der Waals surface area contributed by atoms with Crippen molar-refractivity contribution in [3.63, 3.8) is 0 Å². The summed E-state index contributed by atoms with van der Waals surface area (Å²) in [7, 11) is -2.72. The largest absolute Gasteiger partial charge is 0.265 e. The van der Waals surface area contributed by atoms with Crippen LogP contribution in [0.25, 0.3) is 11.4 Å². The molecule has 7 rings (SSSR count). The van der Waals surface area contributed by atoms with Crippen LogP contribution in [0.3, 0.4) is 0 Å². The van der Waals surface area contributed by atoms with Gasteiger partial charge in [-0.15, -0.1) is 0 Å². The lowest BCUT2D eigenvalue weighted by Crippen LogP contribution is -2.87. The van der Waals surface area contributed by atoms with Crippen LogP contribution in [0.15, 0.2) is 104 Å². The molecule has 0 bridgehead atoms. The quantitative estimate of drug-likeness (QED) is 0.332. The Balaban J connectivity index is 1.67. The van der Waals surface area contributed by atoms with Crippen molar-refractivity contribution in [3.8, 4) is 11.4 Å². The van der Waals surface area contributed by atoms with E-state index >= 15 is 0 Å². The minimum atomic E-state index is -2.72. The van der Waals surface area contributed by atoms with Gasteiger partial charge < -0.3 is 0 Å². The summed E-state index contributed by atoms with van der Waals surface area (Å²) in [6, 6.07) is 27.8. The molecule has 5 aromatic rings. The van der Waals surface area contributed by atoms with Gasteiger partial charge in [0.2, 0.25) is 14.8 Å². The van der Waals surface area contributed by atoms with E-state index in [9.17, 15) is 0 Å². The zero-order valence-corrected chi connectivity index (χ0v) is 18.2. The molecular formula is C26H17BN4Si. The molecule has 4 aromatic heterocycles. The molecule has 1 spiro atoms. The average Bonchev–Trinajstić information content (AvgIpc) is 3.16. The highest BCUT2D eigenvalue weighted by atomic mass is 28.3. The lowest BCUT2D eigenvalue weighted by Gasteiger charge is -2.38. The number of pyridine rings is 4. The van der Waals surface area contributed by atoms with E-state index in [4.69, 9.17) is 19.9 Å². The standard InChI is InChI=1S/C26H17BN4Si/c1-2-8-18(9-3-1)27-19-10-4-16-30-25(19)32(26-20(27)11-5-17-31-26)21-12-6-14-28-23(21)24-22(32)13-7-15-29-24/h1-17H. The van der Waals surface area contributed by atoms with Gasteiger partial charge in [0, 0.05) is 35.4 Å². The van der Waals surface area contributed by atoms with E-state index in [1.807, 2.05) is 36.9 Å². The van der Waals surface area contributed by atoms with Gasteiger partial charge in [-0.2, -0.15) is 0 Å². The monoisotopic (exact) mass is 424 g/mol.